The molecule has 0 saturated heterocycles. The molecule has 1 aromatic heterocycles. The number of aromatic amines is 1. The highest BCUT2D eigenvalue weighted by Crippen LogP contribution is 2.31. The van der Waals surface area contributed by atoms with Gasteiger partial charge in [-0.2, -0.15) is 0 Å². The molecule has 22 heavy (non-hydrogen) atoms. The van der Waals surface area contributed by atoms with Crippen LogP contribution in [0.15, 0.2) is 66.7 Å². The molecular weight excluding hydrogens is 274 g/mol. The summed E-state index contributed by atoms with van der Waals surface area (Å²) in [6.07, 6.45) is 0. The van der Waals surface area contributed by atoms with Gasteiger partial charge in [0, 0.05) is 10.9 Å². The lowest BCUT2D eigenvalue weighted by Crippen LogP contribution is -2.09. The average Bonchev–Trinajstić information content (AvgIpc) is 2.93. The molecule has 3 nitrogen and oxygen atoms in total. The van der Waals surface area contributed by atoms with E-state index in [0.717, 1.165) is 16.5 Å². The maximum Gasteiger partial charge on any atom is 0.198 e. The van der Waals surface area contributed by atoms with Gasteiger partial charge in [-0.15, -0.1) is 0 Å². The van der Waals surface area contributed by atoms with Crippen molar-refractivity contribution in [2.45, 2.75) is 6.92 Å². The molecule has 0 amide bonds. The van der Waals surface area contributed by atoms with Crippen molar-refractivity contribution in [3.63, 3.8) is 0 Å². The number of para-hydroxylation sites is 1. The van der Waals surface area contributed by atoms with E-state index < -0.39 is 0 Å². The molecule has 3 heteroatoms. The van der Waals surface area contributed by atoms with Gasteiger partial charge in [0.25, 0.3) is 0 Å². The Labute approximate surface area is 128 Å². The Morgan fingerprint density at radius 3 is 2.27 bits per heavy atom. The maximum absolute atomic E-state index is 12.7. The number of fused-ring (bicyclic) bond motifs is 1. The Kier molecular flexibility index (Phi) is 3.47. The number of rotatable bonds is 4. The first-order chi connectivity index (χ1) is 10.6. The third-order valence-electron chi connectivity index (χ3n) is 3.69. The predicted octanol–water partition coefficient (Wildman–Crippen LogP) is 4.16. The second kappa shape index (κ2) is 5.45. The van der Waals surface area contributed by atoms with Crippen LogP contribution in [0.1, 0.15) is 17.3 Å². The molecule has 0 aliphatic heterocycles. The number of ketones is 2. The normalized spacial score (nSPS) is 10.6. The van der Waals surface area contributed by atoms with Crippen molar-refractivity contribution in [3.05, 3.63) is 72.3 Å². The predicted molar refractivity (Wildman–Crippen MR) is 87.9 cm³/mol. The van der Waals surface area contributed by atoms with Gasteiger partial charge in [0.15, 0.2) is 11.6 Å². The molecule has 0 unspecified atom stereocenters. The third-order valence-corrected chi connectivity index (χ3v) is 3.69. The minimum absolute atomic E-state index is 0.00179. The Balaban J connectivity index is 2.29. The second-order valence-electron chi connectivity index (χ2n) is 5.15. The van der Waals surface area contributed by atoms with Crippen LogP contribution in [0.5, 0.6) is 0 Å². The zero-order valence-corrected chi connectivity index (χ0v) is 12.2. The molecule has 0 aliphatic carbocycles. The number of Topliss-reactive ketones (excluding diaryl/α,β-unsaturated/α-hetero) is 2. The highest BCUT2D eigenvalue weighted by molar-refractivity contribution is 6.30. The molecule has 0 bridgehead atoms. The van der Waals surface area contributed by atoms with E-state index in [9.17, 15) is 9.59 Å². The van der Waals surface area contributed by atoms with E-state index in [2.05, 4.69) is 11.6 Å². The Morgan fingerprint density at radius 2 is 1.59 bits per heavy atom. The van der Waals surface area contributed by atoms with Gasteiger partial charge in [0.1, 0.15) is 0 Å². The number of hydrogen-bond acceptors (Lipinski definition) is 2. The number of allylic oxidation sites excluding steroid dienone is 1. The summed E-state index contributed by atoms with van der Waals surface area (Å²) in [5.74, 6) is -0.641. The lowest BCUT2D eigenvalue weighted by molar-refractivity contribution is -0.113. The summed E-state index contributed by atoms with van der Waals surface area (Å²) in [6, 6.07) is 17.2. The first kappa shape index (κ1) is 14.0. The molecule has 1 N–H and O–H groups in total. The third kappa shape index (κ3) is 2.27. The molecule has 2 aromatic carbocycles. The van der Waals surface area contributed by atoms with Crippen LogP contribution in [0.2, 0.25) is 0 Å². The molecular formula is C19H15NO2. The van der Waals surface area contributed by atoms with Crippen LogP contribution >= 0.6 is 0 Å². The minimum Gasteiger partial charge on any atom is -0.354 e. The van der Waals surface area contributed by atoms with Gasteiger partial charge < -0.3 is 4.98 Å². The van der Waals surface area contributed by atoms with Crippen LogP contribution < -0.4 is 0 Å². The lowest BCUT2D eigenvalue weighted by atomic mass is 9.96. The molecule has 0 aliphatic rings. The molecule has 3 rings (SSSR count). The van der Waals surface area contributed by atoms with Crippen molar-refractivity contribution in [1.29, 1.82) is 0 Å². The van der Waals surface area contributed by atoms with Crippen molar-refractivity contribution in [1.82, 2.24) is 4.98 Å². The summed E-state index contributed by atoms with van der Waals surface area (Å²) in [5.41, 5.74) is 2.98. The van der Waals surface area contributed by atoms with E-state index in [1.165, 1.54) is 6.92 Å². The van der Waals surface area contributed by atoms with Crippen molar-refractivity contribution < 1.29 is 9.59 Å². The SMILES string of the molecule is C=C(C(C)=O)C(=O)c1c(-c2ccccc2)[nH]c2ccccc12. The fraction of sp³-hybridized carbons (Fsp3) is 0.0526. The van der Waals surface area contributed by atoms with E-state index in [-0.39, 0.29) is 17.1 Å². The summed E-state index contributed by atoms with van der Waals surface area (Å²) in [5, 5.41) is 0.800. The second-order valence-corrected chi connectivity index (χ2v) is 5.15. The van der Waals surface area contributed by atoms with Crippen LogP contribution in [0.25, 0.3) is 22.2 Å². The van der Waals surface area contributed by atoms with E-state index in [1.54, 1.807) is 0 Å². The zero-order chi connectivity index (χ0) is 15.7. The largest absolute Gasteiger partial charge is 0.354 e. The van der Waals surface area contributed by atoms with Gasteiger partial charge in [-0.25, -0.2) is 0 Å². The molecule has 0 radical (unpaired) electrons. The van der Waals surface area contributed by atoms with E-state index >= 15 is 0 Å². The highest BCUT2D eigenvalue weighted by Gasteiger charge is 2.23. The lowest BCUT2D eigenvalue weighted by Gasteiger charge is -2.05. The molecule has 0 atom stereocenters. The molecule has 3 aromatic rings. The number of benzene rings is 2. The number of hydrogen-bond donors (Lipinski definition) is 1. The first-order valence-electron chi connectivity index (χ1n) is 7.00. The van der Waals surface area contributed by atoms with Gasteiger partial charge in [-0.05, 0) is 18.6 Å². The number of aromatic nitrogens is 1. The Morgan fingerprint density at radius 1 is 0.955 bits per heavy atom. The molecule has 108 valence electrons. The summed E-state index contributed by atoms with van der Waals surface area (Å²) in [7, 11) is 0. The van der Waals surface area contributed by atoms with Crippen LogP contribution in [0, 0.1) is 0 Å². The van der Waals surface area contributed by atoms with Gasteiger partial charge in [-0.3, -0.25) is 9.59 Å². The standard InChI is InChI=1S/C19H15NO2/c1-12(13(2)21)19(22)17-15-10-6-7-11-16(15)20-18(17)14-8-4-3-5-9-14/h3-11,20H,1H2,2H3. The van der Waals surface area contributed by atoms with Gasteiger partial charge in [0.2, 0.25) is 0 Å². The average molecular weight is 289 g/mol. The van der Waals surface area contributed by atoms with E-state index in [0.29, 0.717) is 11.3 Å². The van der Waals surface area contributed by atoms with Crippen molar-refractivity contribution in [2.75, 3.05) is 0 Å². The number of carbonyl (C=O) groups is 2. The topological polar surface area (TPSA) is 49.9 Å². The van der Waals surface area contributed by atoms with Crippen LogP contribution in [-0.4, -0.2) is 16.6 Å². The van der Waals surface area contributed by atoms with E-state index in [1.807, 2.05) is 54.6 Å². The van der Waals surface area contributed by atoms with Gasteiger partial charge >= 0.3 is 0 Å². The summed E-state index contributed by atoms with van der Waals surface area (Å²) < 4.78 is 0. The molecule has 1 heterocycles. The number of nitrogens with one attached hydrogen (secondary N) is 1. The zero-order valence-electron chi connectivity index (χ0n) is 12.2. The van der Waals surface area contributed by atoms with Crippen LogP contribution in [0.3, 0.4) is 0 Å². The smallest absolute Gasteiger partial charge is 0.198 e. The molecule has 0 fully saturated rings. The van der Waals surface area contributed by atoms with E-state index in [4.69, 9.17) is 0 Å². The Bertz CT molecular complexity index is 888. The quantitative estimate of drug-likeness (QED) is 0.339. The molecule has 0 spiro atoms. The van der Waals surface area contributed by atoms with Gasteiger partial charge in [-0.1, -0.05) is 55.1 Å². The maximum atomic E-state index is 12.7. The number of carbonyl (C=O) groups excluding carboxylic acids is 2. The van der Waals surface area contributed by atoms with Crippen molar-refractivity contribution in [2.24, 2.45) is 0 Å². The fourth-order valence-electron chi connectivity index (χ4n) is 2.51. The Hall–Kier alpha value is -2.94. The summed E-state index contributed by atoms with van der Waals surface area (Å²) in [4.78, 5) is 27.5. The van der Waals surface area contributed by atoms with Crippen molar-refractivity contribution >= 4 is 22.5 Å². The summed E-state index contributed by atoms with van der Waals surface area (Å²) >= 11 is 0. The monoisotopic (exact) mass is 289 g/mol. The highest BCUT2D eigenvalue weighted by atomic mass is 16.1. The molecule has 0 saturated carbocycles. The fourth-order valence-corrected chi connectivity index (χ4v) is 2.51. The van der Waals surface area contributed by atoms with Gasteiger partial charge in [0.05, 0.1) is 16.8 Å². The summed E-state index contributed by atoms with van der Waals surface area (Å²) in [6.45, 7) is 5.00. The first-order valence-corrected chi connectivity index (χ1v) is 7.00. The van der Waals surface area contributed by atoms with Crippen LogP contribution in [0.4, 0.5) is 0 Å². The number of H-pyrrole nitrogens is 1. The minimum atomic E-state index is -0.330. The van der Waals surface area contributed by atoms with Crippen molar-refractivity contribution in [3.8, 4) is 11.3 Å². The van der Waals surface area contributed by atoms with Crippen LogP contribution in [-0.2, 0) is 4.79 Å².